The van der Waals surface area contributed by atoms with Crippen molar-refractivity contribution >= 4 is 34.9 Å². The fourth-order valence-corrected chi connectivity index (χ4v) is 1.47. The minimum Gasteiger partial charge on any atom is -0.463 e. The van der Waals surface area contributed by atoms with Gasteiger partial charge in [0.15, 0.2) is 0 Å². The van der Waals surface area contributed by atoms with E-state index in [0.717, 1.165) is 0 Å². The van der Waals surface area contributed by atoms with Gasteiger partial charge in [-0.05, 0) is 12.1 Å². The van der Waals surface area contributed by atoms with E-state index in [1.807, 2.05) is 12.1 Å². The van der Waals surface area contributed by atoms with Gasteiger partial charge in [-0.25, -0.2) is 4.99 Å². The molecule has 1 aromatic carbocycles. The number of benzene rings is 1. The van der Waals surface area contributed by atoms with Crippen LogP contribution >= 0.6 is 23.2 Å². The highest BCUT2D eigenvalue weighted by Crippen LogP contribution is 2.29. The second kappa shape index (κ2) is 4.07. The number of hydrogen-bond donors (Lipinski definition) is 1. The normalized spacial score (nSPS) is 14.9. The van der Waals surface area contributed by atoms with E-state index in [0.29, 0.717) is 34.9 Å². The zero-order valence-corrected chi connectivity index (χ0v) is 8.77. The summed E-state index contributed by atoms with van der Waals surface area (Å²) in [6, 6.07) is 5.85. The number of rotatable bonds is 1. The van der Waals surface area contributed by atoms with E-state index in [1.165, 1.54) is 0 Å². The molecule has 74 valence electrons. The molecule has 0 spiro atoms. The van der Waals surface area contributed by atoms with Crippen molar-refractivity contribution in [3.63, 3.8) is 0 Å². The first kappa shape index (κ1) is 9.62. The maximum atomic E-state index is 5.97. The van der Waals surface area contributed by atoms with Crippen LogP contribution in [0.2, 0.25) is 10.0 Å². The Labute approximate surface area is 91.7 Å². The molecular formula is C9H8Cl2N2O. The number of amidine groups is 1. The summed E-state index contributed by atoms with van der Waals surface area (Å²) in [4.78, 5) is 4.08. The molecule has 1 N–H and O–H groups in total. The van der Waals surface area contributed by atoms with Gasteiger partial charge >= 0.3 is 0 Å². The van der Waals surface area contributed by atoms with Crippen LogP contribution in [0, 0.1) is 0 Å². The summed E-state index contributed by atoms with van der Waals surface area (Å²) >= 11 is 11.8. The summed E-state index contributed by atoms with van der Waals surface area (Å²) < 4.78 is 5.19. The molecule has 0 amide bonds. The van der Waals surface area contributed by atoms with Crippen molar-refractivity contribution in [3.8, 4) is 0 Å². The predicted octanol–water partition coefficient (Wildman–Crippen LogP) is 2.79. The lowest BCUT2D eigenvalue weighted by molar-refractivity contribution is 0.346. The van der Waals surface area contributed by atoms with Crippen LogP contribution in [0.1, 0.15) is 0 Å². The molecular weight excluding hydrogens is 223 g/mol. The van der Waals surface area contributed by atoms with E-state index in [1.54, 1.807) is 6.07 Å². The largest absolute Gasteiger partial charge is 0.463 e. The Morgan fingerprint density at radius 1 is 1.36 bits per heavy atom. The van der Waals surface area contributed by atoms with Crippen LogP contribution in [0.25, 0.3) is 0 Å². The Kier molecular flexibility index (Phi) is 2.79. The fraction of sp³-hybridized carbons (Fsp3) is 0.222. The van der Waals surface area contributed by atoms with Gasteiger partial charge in [-0.15, -0.1) is 0 Å². The smallest absolute Gasteiger partial charge is 0.289 e. The Bertz CT molecular complexity index is 379. The number of halogens is 2. The number of ether oxygens (including phenoxy) is 1. The summed E-state index contributed by atoms with van der Waals surface area (Å²) in [6.45, 7) is 1.29. The molecule has 0 fully saturated rings. The molecule has 0 radical (unpaired) electrons. The lowest BCUT2D eigenvalue weighted by atomic mass is 10.3. The van der Waals surface area contributed by atoms with E-state index >= 15 is 0 Å². The maximum absolute atomic E-state index is 5.97. The molecule has 3 nitrogen and oxygen atoms in total. The average Bonchev–Trinajstić information content (AvgIpc) is 2.66. The lowest BCUT2D eigenvalue weighted by Gasteiger charge is -2.07. The van der Waals surface area contributed by atoms with Crippen molar-refractivity contribution in [1.29, 1.82) is 0 Å². The van der Waals surface area contributed by atoms with Crippen molar-refractivity contribution in [1.82, 2.24) is 0 Å². The Hall–Kier alpha value is -0.930. The monoisotopic (exact) mass is 230 g/mol. The number of nitrogens with one attached hydrogen (secondary N) is 1. The van der Waals surface area contributed by atoms with Crippen LogP contribution in [0.4, 0.5) is 5.69 Å². The second-order valence-corrected chi connectivity index (χ2v) is 3.55. The average molecular weight is 231 g/mol. The van der Waals surface area contributed by atoms with Gasteiger partial charge in [0, 0.05) is 0 Å². The van der Waals surface area contributed by atoms with E-state index in [2.05, 4.69) is 10.3 Å². The summed E-state index contributed by atoms with van der Waals surface area (Å²) in [5.41, 5.74) is 0.708. The molecule has 14 heavy (non-hydrogen) atoms. The molecule has 0 aromatic heterocycles. The SMILES string of the molecule is Clc1cccc(NC2=NCCO2)c1Cl. The van der Waals surface area contributed by atoms with Crippen molar-refractivity contribution in [2.45, 2.75) is 0 Å². The first-order valence-corrected chi connectivity index (χ1v) is 4.91. The Morgan fingerprint density at radius 3 is 2.93 bits per heavy atom. The molecule has 1 aliphatic rings. The lowest BCUT2D eigenvalue weighted by Crippen LogP contribution is -2.11. The van der Waals surface area contributed by atoms with Gasteiger partial charge in [-0.3, -0.25) is 0 Å². The highest BCUT2D eigenvalue weighted by molar-refractivity contribution is 6.43. The van der Waals surface area contributed by atoms with Gasteiger partial charge in [0.05, 0.1) is 22.3 Å². The molecule has 0 atom stereocenters. The third-order valence-electron chi connectivity index (χ3n) is 1.78. The minimum atomic E-state index is 0.479. The molecule has 1 aliphatic heterocycles. The van der Waals surface area contributed by atoms with E-state index in [4.69, 9.17) is 27.9 Å². The Balaban J connectivity index is 2.20. The van der Waals surface area contributed by atoms with Crippen molar-refractivity contribution in [2.24, 2.45) is 4.99 Å². The zero-order chi connectivity index (χ0) is 9.97. The second-order valence-electron chi connectivity index (χ2n) is 2.76. The number of hydrogen-bond acceptors (Lipinski definition) is 3. The molecule has 0 unspecified atom stereocenters. The minimum absolute atomic E-state index is 0.479. The summed E-state index contributed by atoms with van der Waals surface area (Å²) in [5, 5.41) is 3.95. The quantitative estimate of drug-likeness (QED) is 0.806. The topological polar surface area (TPSA) is 33.6 Å². The molecule has 0 saturated carbocycles. The van der Waals surface area contributed by atoms with Crippen molar-refractivity contribution in [3.05, 3.63) is 28.2 Å². The molecule has 5 heteroatoms. The van der Waals surface area contributed by atoms with Crippen LogP contribution < -0.4 is 5.32 Å². The molecule has 1 heterocycles. The molecule has 2 rings (SSSR count). The first-order valence-electron chi connectivity index (χ1n) is 4.15. The van der Waals surface area contributed by atoms with Gasteiger partial charge < -0.3 is 10.1 Å². The highest BCUT2D eigenvalue weighted by Gasteiger charge is 2.10. The highest BCUT2D eigenvalue weighted by atomic mass is 35.5. The van der Waals surface area contributed by atoms with Gasteiger partial charge in [-0.1, -0.05) is 29.3 Å². The van der Waals surface area contributed by atoms with Gasteiger partial charge in [0.1, 0.15) is 6.61 Å². The number of nitrogens with zero attached hydrogens (tertiary/aromatic N) is 1. The first-order chi connectivity index (χ1) is 6.77. The van der Waals surface area contributed by atoms with E-state index < -0.39 is 0 Å². The maximum Gasteiger partial charge on any atom is 0.289 e. The van der Waals surface area contributed by atoms with Crippen LogP contribution in [0.3, 0.4) is 0 Å². The number of anilines is 1. The number of aliphatic imine (C=N–C) groups is 1. The third kappa shape index (κ3) is 1.94. The van der Waals surface area contributed by atoms with Crippen molar-refractivity contribution in [2.75, 3.05) is 18.5 Å². The third-order valence-corrected chi connectivity index (χ3v) is 2.60. The molecule has 0 bridgehead atoms. The van der Waals surface area contributed by atoms with Crippen LogP contribution in [-0.2, 0) is 4.74 Å². The summed E-state index contributed by atoms with van der Waals surface area (Å²) in [6.07, 6.45) is 0. The molecule has 0 saturated heterocycles. The van der Waals surface area contributed by atoms with Crippen LogP contribution in [0.15, 0.2) is 23.2 Å². The molecule has 0 aliphatic carbocycles. The van der Waals surface area contributed by atoms with E-state index in [9.17, 15) is 0 Å². The fourth-order valence-electron chi connectivity index (χ4n) is 1.13. The Morgan fingerprint density at radius 2 is 2.21 bits per heavy atom. The van der Waals surface area contributed by atoms with Gasteiger partial charge in [0.2, 0.25) is 0 Å². The predicted molar refractivity (Wildman–Crippen MR) is 58.3 cm³/mol. The van der Waals surface area contributed by atoms with Gasteiger partial charge in [-0.2, -0.15) is 0 Å². The zero-order valence-electron chi connectivity index (χ0n) is 7.26. The summed E-state index contributed by atoms with van der Waals surface area (Å²) in [5.74, 6) is 0. The summed E-state index contributed by atoms with van der Waals surface area (Å²) in [7, 11) is 0. The van der Waals surface area contributed by atoms with E-state index in [-0.39, 0.29) is 0 Å². The standard InChI is InChI=1S/C9H8Cl2N2O/c10-6-2-1-3-7(8(6)11)13-9-12-4-5-14-9/h1-3H,4-5H2,(H,12,13). The van der Waals surface area contributed by atoms with Gasteiger partial charge in [0.25, 0.3) is 6.02 Å². The van der Waals surface area contributed by atoms with Crippen LogP contribution in [-0.4, -0.2) is 19.2 Å². The van der Waals surface area contributed by atoms with Crippen molar-refractivity contribution < 1.29 is 4.74 Å². The van der Waals surface area contributed by atoms with Crippen LogP contribution in [0.5, 0.6) is 0 Å². The molecule has 1 aromatic rings.